The summed E-state index contributed by atoms with van der Waals surface area (Å²) >= 11 is 7.64. The minimum Gasteiger partial charge on any atom is -0.395 e. The van der Waals surface area contributed by atoms with Gasteiger partial charge in [0, 0.05) is 43.7 Å². The number of hydrogen-bond acceptors (Lipinski definition) is 8. The number of aliphatic hydroxyl groups is 1. The largest absolute Gasteiger partial charge is 0.395 e. The Morgan fingerprint density at radius 2 is 1.91 bits per heavy atom. The number of nitrogens with one attached hydrogen (secondary N) is 1. The maximum atomic E-state index is 12.0. The lowest BCUT2D eigenvalue weighted by Gasteiger charge is -2.36. The summed E-state index contributed by atoms with van der Waals surface area (Å²) in [5.41, 5.74) is 4.18. The van der Waals surface area contributed by atoms with Gasteiger partial charge in [-0.15, -0.1) is 0 Å². The number of imide groups is 1. The zero-order valence-corrected chi connectivity index (χ0v) is 20.7. The molecule has 2 fully saturated rings. The summed E-state index contributed by atoms with van der Waals surface area (Å²) in [4.78, 5) is 37.6. The van der Waals surface area contributed by atoms with Gasteiger partial charge in [0.1, 0.15) is 5.82 Å². The van der Waals surface area contributed by atoms with Crippen LogP contribution in [0.15, 0.2) is 41.3 Å². The van der Waals surface area contributed by atoms with E-state index in [1.807, 2.05) is 43.3 Å². The van der Waals surface area contributed by atoms with Crippen LogP contribution < -0.4 is 10.2 Å². The van der Waals surface area contributed by atoms with Crippen LogP contribution in [0, 0.1) is 6.92 Å². The van der Waals surface area contributed by atoms with Crippen LogP contribution in [-0.4, -0.2) is 70.5 Å². The molecule has 2 aromatic carbocycles. The van der Waals surface area contributed by atoms with Crippen molar-refractivity contribution in [2.24, 2.45) is 0 Å². The Morgan fingerprint density at radius 1 is 1.11 bits per heavy atom. The molecule has 3 heterocycles. The number of hydrogen-bond donors (Lipinski definition) is 2. The van der Waals surface area contributed by atoms with Crippen molar-refractivity contribution in [2.75, 3.05) is 44.2 Å². The van der Waals surface area contributed by atoms with Crippen LogP contribution in [-0.2, 0) is 4.79 Å². The Kier molecular flexibility index (Phi) is 6.75. The highest BCUT2D eigenvalue weighted by Crippen LogP contribution is 2.35. The minimum atomic E-state index is -0.389. The van der Waals surface area contributed by atoms with Gasteiger partial charge >= 0.3 is 0 Å². The van der Waals surface area contributed by atoms with Crippen molar-refractivity contribution in [3.63, 3.8) is 0 Å². The van der Waals surface area contributed by atoms with Gasteiger partial charge in [0.15, 0.2) is 0 Å². The van der Waals surface area contributed by atoms with Gasteiger partial charge in [-0.1, -0.05) is 23.7 Å². The van der Waals surface area contributed by atoms with Crippen LogP contribution in [0.5, 0.6) is 0 Å². The molecular formula is C25H24ClN5O3S. The molecule has 0 unspecified atom stereocenters. The van der Waals surface area contributed by atoms with Crippen LogP contribution in [0.1, 0.15) is 11.4 Å². The highest BCUT2D eigenvalue weighted by Gasteiger charge is 2.25. The molecule has 0 saturated carbocycles. The molecule has 0 atom stereocenters. The van der Waals surface area contributed by atoms with Crippen molar-refractivity contribution in [2.45, 2.75) is 6.92 Å². The molecule has 2 aliphatic rings. The van der Waals surface area contributed by atoms with Gasteiger partial charge in [-0.3, -0.25) is 19.8 Å². The molecular weight excluding hydrogens is 486 g/mol. The van der Waals surface area contributed by atoms with Crippen molar-refractivity contribution >= 4 is 57.2 Å². The molecule has 180 valence electrons. The number of aromatic nitrogens is 2. The smallest absolute Gasteiger partial charge is 0.290 e. The van der Waals surface area contributed by atoms with Gasteiger partial charge in [0.25, 0.3) is 11.1 Å². The Bertz CT molecular complexity index is 1350. The lowest BCUT2D eigenvalue weighted by atomic mass is 10.0. The van der Waals surface area contributed by atoms with Crippen molar-refractivity contribution in [3.8, 4) is 11.3 Å². The highest BCUT2D eigenvalue weighted by molar-refractivity contribution is 8.18. The highest BCUT2D eigenvalue weighted by atomic mass is 35.5. The van der Waals surface area contributed by atoms with Crippen molar-refractivity contribution in [3.05, 3.63) is 57.7 Å². The molecule has 0 aliphatic carbocycles. The number of rotatable bonds is 5. The average Bonchev–Trinajstić information content (AvgIpc) is 3.15. The molecule has 35 heavy (non-hydrogen) atoms. The number of amides is 2. The second kappa shape index (κ2) is 9.94. The third kappa shape index (κ3) is 5.04. The fourth-order valence-electron chi connectivity index (χ4n) is 4.41. The number of piperazine rings is 1. The van der Waals surface area contributed by atoms with Gasteiger partial charge in [-0.25, -0.2) is 9.97 Å². The first-order valence-electron chi connectivity index (χ1n) is 11.3. The third-order valence-corrected chi connectivity index (χ3v) is 7.24. The number of anilines is 1. The zero-order valence-electron chi connectivity index (χ0n) is 19.1. The van der Waals surface area contributed by atoms with Gasteiger partial charge in [-0.2, -0.15) is 0 Å². The van der Waals surface area contributed by atoms with Gasteiger partial charge < -0.3 is 10.0 Å². The normalized spacial score (nSPS) is 18.0. The number of carbonyl (C=O) groups excluding carboxylic acids is 2. The molecule has 0 radical (unpaired) electrons. The van der Waals surface area contributed by atoms with E-state index in [1.54, 1.807) is 6.08 Å². The molecule has 8 nitrogen and oxygen atoms in total. The summed E-state index contributed by atoms with van der Waals surface area (Å²) in [6.45, 7) is 6.18. The number of fused-ring (bicyclic) bond motifs is 1. The van der Waals surface area contributed by atoms with Crippen molar-refractivity contribution < 1.29 is 14.7 Å². The molecule has 2 N–H and O–H groups in total. The molecule has 5 rings (SSSR count). The minimum absolute atomic E-state index is 0.171. The van der Waals surface area contributed by atoms with E-state index in [2.05, 4.69) is 20.1 Å². The number of benzene rings is 2. The maximum absolute atomic E-state index is 12.0. The number of carbonyl (C=O) groups is 2. The molecule has 2 amide bonds. The number of aryl methyl sites for hydroxylation is 1. The number of β-amino-alcohol motifs (C(OH)–C–C–N with tert-alkyl or cyclic N) is 1. The second-order valence-corrected chi connectivity index (χ2v) is 9.89. The van der Waals surface area contributed by atoms with Gasteiger partial charge in [-0.05, 0) is 54.6 Å². The molecule has 0 spiro atoms. The van der Waals surface area contributed by atoms with E-state index in [-0.39, 0.29) is 17.8 Å². The Morgan fingerprint density at radius 3 is 2.60 bits per heavy atom. The molecule has 0 bridgehead atoms. The fourth-order valence-corrected chi connectivity index (χ4v) is 5.39. The van der Waals surface area contributed by atoms with Crippen molar-refractivity contribution in [1.82, 2.24) is 20.2 Å². The Labute approximate surface area is 212 Å². The molecule has 10 heteroatoms. The van der Waals surface area contributed by atoms with Crippen LogP contribution in [0.25, 0.3) is 28.2 Å². The van der Waals surface area contributed by atoms with E-state index >= 15 is 0 Å². The number of aliphatic hydroxyl groups excluding tert-OH is 1. The van der Waals surface area contributed by atoms with Crippen LogP contribution in [0.4, 0.5) is 10.5 Å². The molecule has 1 aromatic heterocycles. The quantitative estimate of drug-likeness (QED) is 0.502. The predicted octanol–water partition coefficient (Wildman–Crippen LogP) is 3.70. The van der Waals surface area contributed by atoms with E-state index in [1.165, 1.54) is 0 Å². The van der Waals surface area contributed by atoms with E-state index < -0.39 is 0 Å². The molecule has 2 saturated heterocycles. The van der Waals surface area contributed by atoms with Crippen molar-refractivity contribution in [1.29, 1.82) is 0 Å². The first-order valence-corrected chi connectivity index (χ1v) is 12.5. The summed E-state index contributed by atoms with van der Waals surface area (Å²) in [5.74, 6) is 0.259. The number of nitrogens with zero attached hydrogens (tertiary/aromatic N) is 4. The van der Waals surface area contributed by atoms with Crippen LogP contribution >= 0.6 is 23.4 Å². The standard InChI is InChI=1S/C25H24ClN5O3S/c1-15-27-20-4-2-16(13-22-24(33)29-25(34)35-22)12-18(20)23(28-15)17-3-5-21(19(26)14-17)31-8-6-30(7-9-31)10-11-32/h2-5,12-14,32H,6-11H2,1H3,(H,29,33,34). The van der Waals surface area contributed by atoms with E-state index in [4.69, 9.17) is 21.7 Å². The zero-order chi connectivity index (χ0) is 24.5. The number of thioether (sulfide) groups is 1. The summed E-state index contributed by atoms with van der Waals surface area (Å²) in [5, 5.41) is 12.6. The van der Waals surface area contributed by atoms with Crippen LogP contribution in [0.3, 0.4) is 0 Å². The lowest BCUT2D eigenvalue weighted by molar-refractivity contribution is -0.115. The van der Waals surface area contributed by atoms with E-state index in [0.29, 0.717) is 22.3 Å². The van der Waals surface area contributed by atoms with E-state index in [9.17, 15) is 9.59 Å². The molecule has 3 aromatic rings. The molecule has 2 aliphatic heterocycles. The Balaban J connectivity index is 1.48. The average molecular weight is 510 g/mol. The maximum Gasteiger partial charge on any atom is 0.290 e. The Hall–Kier alpha value is -2.98. The SMILES string of the molecule is Cc1nc(-c2ccc(N3CCN(CCO)CC3)c(Cl)c2)c2cc(C=C3SC(=O)NC3=O)ccc2n1. The fraction of sp³-hybridized carbons (Fsp3) is 0.280. The summed E-state index contributed by atoms with van der Waals surface area (Å²) < 4.78 is 0. The summed E-state index contributed by atoms with van der Waals surface area (Å²) in [7, 11) is 0. The number of halogens is 1. The van der Waals surface area contributed by atoms with Gasteiger partial charge in [0.2, 0.25) is 0 Å². The monoisotopic (exact) mass is 509 g/mol. The summed E-state index contributed by atoms with van der Waals surface area (Å²) in [6, 6.07) is 11.7. The summed E-state index contributed by atoms with van der Waals surface area (Å²) in [6.07, 6.45) is 1.69. The van der Waals surface area contributed by atoms with Gasteiger partial charge in [0.05, 0.1) is 33.4 Å². The predicted molar refractivity (Wildman–Crippen MR) is 140 cm³/mol. The third-order valence-electron chi connectivity index (χ3n) is 6.12. The first-order chi connectivity index (χ1) is 16.9. The second-order valence-electron chi connectivity index (χ2n) is 8.47. The van der Waals surface area contributed by atoms with Crippen LogP contribution in [0.2, 0.25) is 5.02 Å². The van der Waals surface area contributed by atoms with E-state index in [0.717, 1.165) is 71.4 Å². The topological polar surface area (TPSA) is 98.7 Å². The lowest BCUT2D eigenvalue weighted by Crippen LogP contribution is -2.47. The first kappa shape index (κ1) is 23.7.